The van der Waals surface area contributed by atoms with Gasteiger partial charge in [-0.05, 0) is 24.7 Å². The van der Waals surface area contributed by atoms with Crippen molar-refractivity contribution < 1.29 is 0 Å². The molecular weight excluding hydrogens is 160 g/mol. The summed E-state index contributed by atoms with van der Waals surface area (Å²) in [4.78, 5) is 0. The second-order valence-corrected chi connectivity index (χ2v) is 4.99. The van der Waals surface area contributed by atoms with E-state index in [1.165, 1.54) is 19.3 Å². The van der Waals surface area contributed by atoms with Crippen LogP contribution in [0.5, 0.6) is 0 Å². The van der Waals surface area contributed by atoms with Gasteiger partial charge in [0.1, 0.15) is 0 Å². The van der Waals surface area contributed by atoms with Crippen LogP contribution in [0.25, 0.3) is 0 Å². The minimum atomic E-state index is 0.812. The topological polar surface area (TPSA) is 0 Å². The summed E-state index contributed by atoms with van der Waals surface area (Å²) in [6.45, 7) is 4.70. The third-order valence-corrected chi connectivity index (χ3v) is 4.26. The molecule has 60 valence electrons. The largest absolute Gasteiger partial charge is 0.111 e. The lowest BCUT2D eigenvalue weighted by atomic mass is 9.84. The van der Waals surface area contributed by atoms with E-state index in [-0.39, 0.29) is 0 Å². The van der Waals surface area contributed by atoms with Crippen LogP contribution in [0.3, 0.4) is 0 Å². The molecule has 0 radical (unpaired) electrons. The number of thiol groups is 1. The zero-order valence-corrected chi connectivity index (χ0v) is 8.42. The maximum absolute atomic E-state index is 4.28. The van der Waals surface area contributed by atoms with Gasteiger partial charge in [-0.25, -0.2) is 0 Å². The third kappa shape index (κ3) is 2.09. The van der Waals surface area contributed by atoms with E-state index in [4.69, 9.17) is 0 Å². The Hall–Kier alpha value is 0.700. The molecular formula is C8H16S2. The second-order valence-electron chi connectivity index (χ2n) is 3.54. The summed E-state index contributed by atoms with van der Waals surface area (Å²) in [5.41, 5.74) is 0. The highest BCUT2D eigenvalue weighted by Gasteiger charge is 2.24. The predicted molar refractivity (Wildman–Crippen MR) is 52.5 cm³/mol. The molecule has 0 aromatic heterocycles. The first-order chi connectivity index (χ1) is 4.74. The fourth-order valence-electron chi connectivity index (χ4n) is 1.63. The molecule has 0 aromatic rings. The first-order valence-electron chi connectivity index (χ1n) is 4.04. The lowest BCUT2D eigenvalue weighted by Gasteiger charge is -2.30. The summed E-state index contributed by atoms with van der Waals surface area (Å²) in [7, 11) is 1.75. The molecule has 3 atom stereocenters. The summed E-state index contributed by atoms with van der Waals surface area (Å²) < 4.78 is 0. The molecule has 1 rings (SSSR count). The molecule has 3 unspecified atom stereocenters. The first kappa shape index (κ1) is 8.79. The summed E-state index contributed by atoms with van der Waals surface area (Å²) in [6, 6.07) is 0. The predicted octanol–water partition coefficient (Wildman–Crippen LogP) is 3.39. The maximum Gasteiger partial charge on any atom is 0.0177 e. The molecule has 0 heterocycles. The molecule has 0 spiro atoms. The van der Waals surface area contributed by atoms with Crippen LogP contribution < -0.4 is 0 Å². The second kappa shape index (κ2) is 3.91. The van der Waals surface area contributed by atoms with Crippen LogP contribution in [-0.2, 0) is 0 Å². The van der Waals surface area contributed by atoms with Crippen molar-refractivity contribution in [1.82, 2.24) is 0 Å². The van der Waals surface area contributed by atoms with Gasteiger partial charge in [0.05, 0.1) is 0 Å². The molecule has 0 amide bonds. The molecule has 1 aliphatic carbocycles. The Balaban J connectivity index is 2.38. The van der Waals surface area contributed by atoms with Crippen LogP contribution in [0.4, 0.5) is 0 Å². The van der Waals surface area contributed by atoms with E-state index in [9.17, 15) is 0 Å². The third-order valence-electron chi connectivity index (χ3n) is 2.52. The van der Waals surface area contributed by atoms with Crippen LogP contribution in [0.15, 0.2) is 0 Å². The van der Waals surface area contributed by atoms with Crippen molar-refractivity contribution in [2.75, 3.05) is 0 Å². The van der Waals surface area contributed by atoms with Gasteiger partial charge in [0, 0.05) is 5.25 Å². The Labute approximate surface area is 73.0 Å². The van der Waals surface area contributed by atoms with Gasteiger partial charge >= 0.3 is 0 Å². The van der Waals surface area contributed by atoms with E-state index < -0.39 is 0 Å². The minimum absolute atomic E-state index is 0.812. The Bertz CT molecular complexity index is 103. The molecule has 0 bridgehead atoms. The molecule has 1 aliphatic rings. The highest BCUT2D eigenvalue weighted by molar-refractivity contribution is 8.68. The van der Waals surface area contributed by atoms with Gasteiger partial charge in [-0.15, -0.1) is 11.7 Å². The maximum atomic E-state index is 4.28. The van der Waals surface area contributed by atoms with Gasteiger partial charge in [0.15, 0.2) is 0 Å². The molecule has 0 saturated heterocycles. The highest BCUT2D eigenvalue weighted by atomic mass is 33.1. The first-order valence-corrected chi connectivity index (χ1v) is 5.97. The van der Waals surface area contributed by atoms with E-state index >= 15 is 0 Å². The number of hydrogen-bond acceptors (Lipinski definition) is 2. The molecule has 1 fully saturated rings. The van der Waals surface area contributed by atoms with Crippen LogP contribution in [0, 0.1) is 11.8 Å². The van der Waals surface area contributed by atoms with E-state index in [0.29, 0.717) is 0 Å². The molecule has 0 aliphatic heterocycles. The van der Waals surface area contributed by atoms with E-state index in [2.05, 4.69) is 25.5 Å². The monoisotopic (exact) mass is 176 g/mol. The average Bonchev–Trinajstić information content (AvgIpc) is 1.94. The van der Waals surface area contributed by atoms with Gasteiger partial charge in [-0.2, -0.15) is 0 Å². The minimum Gasteiger partial charge on any atom is -0.111 e. The number of rotatable bonds is 1. The highest BCUT2D eigenvalue weighted by Crippen LogP contribution is 2.37. The fourth-order valence-corrected chi connectivity index (χ4v) is 3.27. The van der Waals surface area contributed by atoms with Crippen LogP contribution >= 0.6 is 22.5 Å². The summed E-state index contributed by atoms with van der Waals surface area (Å²) in [5.74, 6) is 1.82. The molecule has 1 saturated carbocycles. The molecule has 0 aromatic carbocycles. The van der Waals surface area contributed by atoms with E-state index in [0.717, 1.165) is 17.1 Å². The van der Waals surface area contributed by atoms with Crippen molar-refractivity contribution in [2.45, 2.75) is 38.4 Å². The fraction of sp³-hybridized carbons (Fsp3) is 1.00. The zero-order chi connectivity index (χ0) is 7.56. The Morgan fingerprint density at radius 1 is 1.30 bits per heavy atom. The summed E-state index contributed by atoms with van der Waals surface area (Å²) in [5, 5.41) is 0.812. The Morgan fingerprint density at radius 2 is 2.00 bits per heavy atom. The van der Waals surface area contributed by atoms with Gasteiger partial charge in [-0.3, -0.25) is 0 Å². The smallest absolute Gasteiger partial charge is 0.0177 e. The van der Waals surface area contributed by atoms with Crippen LogP contribution in [0.2, 0.25) is 0 Å². The van der Waals surface area contributed by atoms with Crippen molar-refractivity contribution in [1.29, 1.82) is 0 Å². The molecule has 0 N–H and O–H groups in total. The quantitative estimate of drug-likeness (QED) is 0.472. The van der Waals surface area contributed by atoms with Crippen LogP contribution in [-0.4, -0.2) is 5.25 Å². The summed E-state index contributed by atoms with van der Waals surface area (Å²) in [6.07, 6.45) is 4.20. The van der Waals surface area contributed by atoms with Gasteiger partial charge in [-0.1, -0.05) is 31.1 Å². The van der Waals surface area contributed by atoms with Gasteiger partial charge in [0.25, 0.3) is 0 Å². The lowest BCUT2D eigenvalue weighted by Crippen LogP contribution is -2.22. The molecule has 2 heteroatoms. The Morgan fingerprint density at radius 3 is 2.50 bits per heavy atom. The average molecular weight is 176 g/mol. The SMILES string of the molecule is CC1CCC(C)C(SS)C1. The normalized spacial score (nSPS) is 41.7. The molecule has 0 nitrogen and oxygen atoms in total. The number of hydrogen-bond donors (Lipinski definition) is 1. The Kier molecular flexibility index (Phi) is 3.44. The van der Waals surface area contributed by atoms with Gasteiger partial charge in [0.2, 0.25) is 0 Å². The zero-order valence-electron chi connectivity index (χ0n) is 6.71. The van der Waals surface area contributed by atoms with Gasteiger partial charge < -0.3 is 0 Å². The van der Waals surface area contributed by atoms with Crippen molar-refractivity contribution in [2.24, 2.45) is 11.8 Å². The lowest BCUT2D eigenvalue weighted by molar-refractivity contribution is 0.319. The van der Waals surface area contributed by atoms with Crippen molar-refractivity contribution >= 4 is 22.5 Å². The van der Waals surface area contributed by atoms with E-state index in [1.807, 2.05) is 0 Å². The van der Waals surface area contributed by atoms with Crippen molar-refractivity contribution in [3.8, 4) is 0 Å². The van der Waals surface area contributed by atoms with Crippen molar-refractivity contribution in [3.63, 3.8) is 0 Å². The van der Waals surface area contributed by atoms with Crippen molar-refractivity contribution in [3.05, 3.63) is 0 Å². The van der Waals surface area contributed by atoms with Crippen LogP contribution in [0.1, 0.15) is 33.1 Å². The van der Waals surface area contributed by atoms with E-state index in [1.54, 1.807) is 10.8 Å². The molecule has 10 heavy (non-hydrogen) atoms. The standard InChI is InChI=1S/C8H16S2/c1-6-3-4-7(2)8(5-6)10-9/h6-9H,3-5H2,1-2H3. The summed E-state index contributed by atoms with van der Waals surface area (Å²) >= 11 is 4.28.